The van der Waals surface area contributed by atoms with E-state index in [1.165, 1.54) is 24.3 Å². The van der Waals surface area contributed by atoms with Crippen LogP contribution in [-0.2, 0) is 0 Å². The largest absolute Gasteiger partial charge is 0.271 e. The molecule has 0 radical (unpaired) electrons. The van der Waals surface area contributed by atoms with Gasteiger partial charge in [0, 0.05) is 23.4 Å². The van der Waals surface area contributed by atoms with Crippen LogP contribution in [0.5, 0.6) is 0 Å². The van der Waals surface area contributed by atoms with Crippen molar-refractivity contribution in [2.45, 2.75) is 26.7 Å². The van der Waals surface area contributed by atoms with Gasteiger partial charge in [0.1, 0.15) is 0 Å². The van der Waals surface area contributed by atoms with Crippen LogP contribution in [-0.4, -0.2) is 16.5 Å². The van der Waals surface area contributed by atoms with Gasteiger partial charge in [-0.1, -0.05) is 13.3 Å². The Morgan fingerprint density at radius 2 is 2.00 bits per heavy atom. The summed E-state index contributed by atoms with van der Waals surface area (Å²) in [6.45, 7) is 3.86. The fraction of sp³-hybridized carbons (Fsp3) is 0.333. The van der Waals surface area contributed by atoms with Gasteiger partial charge in [-0.05, 0) is 25.5 Å². The summed E-state index contributed by atoms with van der Waals surface area (Å²) in [5.41, 5.74) is 3.55. The molecule has 0 spiro atoms. The van der Waals surface area contributed by atoms with Crippen LogP contribution in [0.4, 0.5) is 5.69 Å². The van der Waals surface area contributed by atoms with E-state index in [9.17, 15) is 14.9 Å². The number of amides is 1. The highest BCUT2D eigenvalue weighted by atomic mass is 16.6. The number of carbonyl (C=O) groups excluding carboxylic acids is 1. The third-order valence-electron chi connectivity index (χ3n) is 2.30. The van der Waals surface area contributed by atoms with Crippen molar-refractivity contribution in [3.63, 3.8) is 0 Å². The van der Waals surface area contributed by atoms with Crippen molar-refractivity contribution in [3.8, 4) is 0 Å². The third-order valence-corrected chi connectivity index (χ3v) is 2.30. The van der Waals surface area contributed by atoms with Crippen LogP contribution in [0.25, 0.3) is 0 Å². The first-order valence-corrected chi connectivity index (χ1v) is 5.62. The highest BCUT2D eigenvalue weighted by Gasteiger charge is 2.08. The maximum atomic E-state index is 11.6. The molecule has 6 nitrogen and oxygen atoms in total. The topological polar surface area (TPSA) is 84.6 Å². The lowest BCUT2D eigenvalue weighted by atomic mass is 10.2. The van der Waals surface area contributed by atoms with E-state index in [1.54, 1.807) is 0 Å². The smallest absolute Gasteiger partial charge is 0.267 e. The lowest BCUT2D eigenvalue weighted by molar-refractivity contribution is -0.384. The van der Waals surface area contributed by atoms with E-state index < -0.39 is 4.92 Å². The predicted octanol–water partition coefficient (Wildman–Crippen LogP) is 2.50. The molecule has 96 valence electrons. The van der Waals surface area contributed by atoms with Crippen LogP contribution < -0.4 is 5.43 Å². The monoisotopic (exact) mass is 249 g/mol. The van der Waals surface area contributed by atoms with E-state index in [2.05, 4.69) is 10.5 Å². The van der Waals surface area contributed by atoms with Crippen LogP contribution in [0.2, 0.25) is 0 Å². The molecule has 1 aromatic carbocycles. The SMILES string of the molecule is CCC/C(C)=N\NC(=O)c1ccc([N+](=O)[O-])cc1. The number of nitro groups is 1. The number of non-ortho nitro benzene ring substituents is 1. The van der Waals surface area contributed by atoms with E-state index in [4.69, 9.17) is 0 Å². The van der Waals surface area contributed by atoms with Gasteiger partial charge in [0.2, 0.25) is 0 Å². The van der Waals surface area contributed by atoms with E-state index in [0.29, 0.717) is 5.56 Å². The molecule has 0 atom stereocenters. The molecule has 1 rings (SSSR count). The molecule has 0 aliphatic rings. The standard InChI is InChI=1S/C12H15N3O3/c1-3-4-9(2)13-14-12(16)10-5-7-11(8-6-10)15(17)18/h5-8H,3-4H2,1-2H3,(H,14,16)/b13-9-. The zero-order valence-corrected chi connectivity index (χ0v) is 10.3. The molecule has 0 heterocycles. The first kappa shape index (κ1) is 13.8. The van der Waals surface area contributed by atoms with Gasteiger partial charge in [-0.3, -0.25) is 14.9 Å². The van der Waals surface area contributed by atoms with Crippen LogP contribution in [0.3, 0.4) is 0 Å². The number of nitrogens with zero attached hydrogens (tertiary/aromatic N) is 2. The van der Waals surface area contributed by atoms with Crippen LogP contribution >= 0.6 is 0 Å². The highest BCUT2D eigenvalue weighted by molar-refractivity contribution is 5.95. The quantitative estimate of drug-likeness (QED) is 0.494. The van der Waals surface area contributed by atoms with Gasteiger partial charge in [-0.15, -0.1) is 0 Å². The Kier molecular flexibility index (Phi) is 4.98. The summed E-state index contributed by atoms with van der Waals surface area (Å²) in [5.74, 6) is -0.375. The van der Waals surface area contributed by atoms with Gasteiger partial charge in [-0.25, -0.2) is 5.43 Å². The minimum Gasteiger partial charge on any atom is -0.267 e. The van der Waals surface area contributed by atoms with Crippen molar-refractivity contribution in [2.75, 3.05) is 0 Å². The van der Waals surface area contributed by atoms with Crippen LogP contribution in [0, 0.1) is 10.1 Å². The Balaban J connectivity index is 2.67. The molecule has 1 amide bonds. The average molecular weight is 249 g/mol. The average Bonchev–Trinajstić information content (AvgIpc) is 2.36. The van der Waals surface area contributed by atoms with E-state index in [0.717, 1.165) is 18.6 Å². The molecule has 0 aromatic heterocycles. The minimum atomic E-state index is -0.509. The molecule has 0 aliphatic heterocycles. The highest BCUT2D eigenvalue weighted by Crippen LogP contribution is 2.11. The molecule has 0 fully saturated rings. The normalized spacial score (nSPS) is 11.1. The minimum absolute atomic E-state index is 0.0442. The van der Waals surface area contributed by atoms with Gasteiger partial charge in [0.05, 0.1) is 4.92 Å². The Hall–Kier alpha value is -2.24. The number of rotatable bonds is 5. The number of hydrogen-bond acceptors (Lipinski definition) is 4. The molecule has 0 bridgehead atoms. The van der Waals surface area contributed by atoms with Crippen molar-refractivity contribution in [1.82, 2.24) is 5.43 Å². The molecule has 1 aromatic rings. The van der Waals surface area contributed by atoms with Crippen LogP contribution in [0.1, 0.15) is 37.0 Å². The molecule has 1 N–H and O–H groups in total. The Bertz CT molecular complexity index is 466. The van der Waals surface area contributed by atoms with Gasteiger partial charge >= 0.3 is 0 Å². The van der Waals surface area contributed by atoms with Crippen molar-refractivity contribution in [2.24, 2.45) is 5.10 Å². The summed E-state index contributed by atoms with van der Waals surface area (Å²) < 4.78 is 0. The van der Waals surface area contributed by atoms with Crippen molar-refractivity contribution in [3.05, 3.63) is 39.9 Å². The van der Waals surface area contributed by atoms with E-state index in [-0.39, 0.29) is 11.6 Å². The maximum Gasteiger partial charge on any atom is 0.271 e. The predicted molar refractivity (Wildman–Crippen MR) is 68.6 cm³/mol. The van der Waals surface area contributed by atoms with Gasteiger partial charge in [0.25, 0.3) is 11.6 Å². The summed E-state index contributed by atoms with van der Waals surface area (Å²) in [4.78, 5) is 21.6. The molecular weight excluding hydrogens is 234 g/mol. The fourth-order valence-corrected chi connectivity index (χ4v) is 1.36. The number of benzene rings is 1. The number of nitrogens with one attached hydrogen (secondary N) is 1. The summed E-state index contributed by atoms with van der Waals surface area (Å²) >= 11 is 0. The lowest BCUT2D eigenvalue weighted by Crippen LogP contribution is -2.18. The summed E-state index contributed by atoms with van der Waals surface area (Å²) in [6.07, 6.45) is 1.78. The number of hydrazone groups is 1. The van der Waals surface area contributed by atoms with Crippen molar-refractivity contribution in [1.29, 1.82) is 0 Å². The molecule has 0 aliphatic carbocycles. The van der Waals surface area contributed by atoms with E-state index in [1.807, 2.05) is 13.8 Å². The molecule has 0 saturated heterocycles. The van der Waals surface area contributed by atoms with Crippen molar-refractivity contribution < 1.29 is 9.72 Å². The maximum absolute atomic E-state index is 11.6. The second kappa shape index (κ2) is 6.48. The Morgan fingerprint density at radius 3 is 2.50 bits per heavy atom. The van der Waals surface area contributed by atoms with Crippen molar-refractivity contribution >= 4 is 17.3 Å². The molecular formula is C12H15N3O3. The molecule has 6 heteroatoms. The van der Waals surface area contributed by atoms with Gasteiger partial charge in [-0.2, -0.15) is 5.10 Å². The fourth-order valence-electron chi connectivity index (χ4n) is 1.36. The molecule has 0 unspecified atom stereocenters. The summed E-state index contributed by atoms with van der Waals surface area (Å²) in [6, 6.07) is 5.38. The second-order valence-corrected chi connectivity index (χ2v) is 3.84. The second-order valence-electron chi connectivity index (χ2n) is 3.84. The summed E-state index contributed by atoms with van der Waals surface area (Å²) in [7, 11) is 0. The number of carbonyl (C=O) groups is 1. The van der Waals surface area contributed by atoms with Gasteiger partial charge < -0.3 is 0 Å². The Labute approximate surface area is 105 Å². The zero-order valence-electron chi connectivity index (χ0n) is 10.3. The lowest BCUT2D eigenvalue weighted by Gasteiger charge is -2.01. The summed E-state index contributed by atoms with van der Waals surface area (Å²) in [5, 5.41) is 14.4. The Morgan fingerprint density at radius 1 is 1.39 bits per heavy atom. The zero-order chi connectivity index (χ0) is 13.5. The van der Waals surface area contributed by atoms with Crippen LogP contribution in [0.15, 0.2) is 29.4 Å². The number of nitro benzene ring substituents is 1. The first-order chi connectivity index (χ1) is 8.54. The van der Waals surface area contributed by atoms with E-state index >= 15 is 0 Å². The van der Waals surface area contributed by atoms with Gasteiger partial charge in [0.15, 0.2) is 0 Å². The molecule has 18 heavy (non-hydrogen) atoms. The first-order valence-electron chi connectivity index (χ1n) is 5.62. The number of hydrogen-bond donors (Lipinski definition) is 1. The third kappa shape index (κ3) is 3.97. The molecule has 0 saturated carbocycles.